The van der Waals surface area contributed by atoms with Crippen LogP contribution in [0.1, 0.15) is 37.3 Å². The lowest BCUT2D eigenvalue weighted by Crippen LogP contribution is -2.45. The molecule has 136 valence electrons. The first-order valence-corrected chi connectivity index (χ1v) is 8.31. The Kier molecular flexibility index (Phi) is 5.10. The van der Waals surface area contributed by atoms with Gasteiger partial charge in [0, 0.05) is 18.2 Å². The largest absolute Gasteiger partial charge is 0.416 e. The van der Waals surface area contributed by atoms with E-state index in [0.29, 0.717) is 17.5 Å². The minimum atomic E-state index is -4.40. The Hall–Kier alpha value is -1.93. The zero-order chi connectivity index (χ0) is 18.0. The van der Waals surface area contributed by atoms with Gasteiger partial charge in [-0.3, -0.25) is 4.90 Å². The molecule has 0 amide bonds. The highest BCUT2D eigenvalue weighted by atomic mass is 19.4. The molecular weight excluding hydrogens is 333 g/mol. The fraction of sp³-hybridized carbons (Fsp3) is 0.529. The summed E-state index contributed by atoms with van der Waals surface area (Å²) >= 11 is 0. The molecule has 1 fully saturated rings. The van der Waals surface area contributed by atoms with E-state index in [1.807, 2.05) is 14.0 Å². The highest BCUT2D eigenvalue weighted by Crippen LogP contribution is 2.32. The van der Waals surface area contributed by atoms with Crippen LogP contribution in [0.5, 0.6) is 0 Å². The van der Waals surface area contributed by atoms with Crippen molar-refractivity contribution in [3.05, 3.63) is 35.7 Å². The number of nitrogens with one attached hydrogen (secondary N) is 1. The molecule has 0 radical (unpaired) electrons. The quantitative estimate of drug-likeness (QED) is 0.911. The third kappa shape index (κ3) is 4.01. The number of likely N-dealkylation sites (tertiary alicyclic amines) is 1. The third-order valence-corrected chi connectivity index (χ3v) is 4.66. The van der Waals surface area contributed by atoms with Crippen LogP contribution in [0.4, 0.5) is 13.2 Å². The van der Waals surface area contributed by atoms with Crippen LogP contribution in [0.2, 0.25) is 0 Å². The molecule has 0 bridgehead atoms. The fourth-order valence-corrected chi connectivity index (χ4v) is 3.11. The SMILES string of the molecule is CNC1CCCN(C(C)c2nc(-c3cccc(C(F)(F)F)c3)no2)C1. The number of likely N-dealkylation sites (N-methyl/N-ethyl adjacent to an activating group) is 1. The summed E-state index contributed by atoms with van der Waals surface area (Å²) in [6.45, 7) is 3.78. The number of benzene rings is 1. The van der Waals surface area contributed by atoms with E-state index in [1.165, 1.54) is 6.07 Å². The van der Waals surface area contributed by atoms with Gasteiger partial charge < -0.3 is 9.84 Å². The molecule has 25 heavy (non-hydrogen) atoms. The van der Waals surface area contributed by atoms with Gasteiger partial charge in [-0.05, 0) is 45.5 Å². The van der Waals surface area contributed by atoms with E-state index in [9.17, 15) is 13.2 Å². The lowest BCUT2D eigenvalue weighted by Gasteiger charge is -2.35. The lowest BCUT2D eigenvalue weighted by atomic mass is 10.0. The van der Waals surface area contributed by atoms with Crippen molar-refractivity contribution in [2.45, 2.75) is 38.0 Å². The molecule has 0 saturated carbocycles. The standard InChI is InChI=1S/C17H21F3N4O/c1-11(24-8-4-7-14(10-24)21-2)16-22-15(23-25-16)12-5-3-6-13(9-12)17(18,19)20/h3,5-6,9,11,14,21H,4,7-8,10H2,1-2H3. The number of rotatable bonds is 4. The summed E-state index contributed by atoms with van der Waals surface area (Å²) in [5.74, 6) is 0.597. The van der Waals surface area contributed by atoms with Crippen LogP contribution in [-0.4, -0.2) is 41.2 Å². The van der Waals surface area contributed by atoms with E-state index in [2.05, 4.69) is 20.4 Å². The van der Waals surface area contributed by atoms with Gasteiger partial charge in [0.25, 0.3) is 0 Å². The van der Waals surface area contributed by atoms with Crippen molar-refractivity contribution >= 4 is 0 Å². The second-order valence-corrected chi connectivity index (χ2v) is 6.33. The third-order valence-electron chi connectivity index (χ3n) is 4.66. The Labute approximate surface area is 144 Å². The van der Waals surface area contributed by atoms with Crippen molar-refractivity contribution in [2.75, 3.05) is 20.1 Å². The van der Waals surface area contributed by atoms with E-state index in [1.54, 1.807) is 6.07 Å². The Morgan fingerprint density at radius 1 is 1.36 bits per heavy atom. The monoisotopic (exact) mass is 354 g/mol. The highest BCUT2D eigenvalue weighted by molar-refractivity contribution is 5.55. The van der Waals surface area contributed by atoms with Crippen LogP contribution < -0.4 is 5.32 Å². The summed E-state index contributed by atoms with van der Waals surface area (Å²) in [5, 5.41) is 7.15. The van der Waals surface area contributed by atoms with Gasteiger partial charge in [0.05, 0.1) is 11.6 Å². The minimum absolute atomic E-state index is 0.0804. The van der Waals surface area contributed by atoms with Crippen LogP contribution in [0.25, 0.3) is 11.4 Å². The van der Waals surface area contributed by atoms with Crippen molar-refractivity contribution in [2.24, 2.45) is 0 Å². The molecule has 2 atom stereocenters. The molecule has 2 heterocycles. The minimum Gasteiger partial charge on any atom is -0.337 e. The van der Waals surface area contributed by atoms with E-state index in [-0.39, 0.29) is 11.9 Å². The molecule has 0 aliphatic carbocycles. The normalized spacial score (nSPS) is 20.6. The number of aromatic nitrogens is 2. The summed E-state index contributed by atoms with van der Waals surface area (Å²) in [6.07, 6.45) is -2.20. The predicted octanol–water partition coefficient (Wildman–Crippen LogP) is 3.50. The molecule has 5 nitrogen and oxygen atoms in total. The number of hydrogen-bond acceptors (Lipinski definition) is 5. The van der Waals surface area contributed by atoms with Crippen molar-refractivity contribution in [3.63, 3.8) is 0 Å². The zero-order valence-electron chi connectivity index (χ0n) is 14.2. The molecule has 3 rings (SSSR count). The van der Waals surface area contributed by atoms with Crippen LogP contribution >= 0.6 is 0 Å². The molecule has 1 N–H and O–H groups in total. The van der Waals surface area contributed by atoms with Crippen LogP contribution in [0.15, 0.2) is 28.8 Å². The van der Waals surface area contributed by atoms with Gasteiger partial charge in [0.1, 0.15) is 0 Å². The predicted molar refractivity (Wildman–Crippen MR) is 86.8 cm³/mol. The number of alkyl halides is 3. The maximum absolute atomic E-state index is 12.9. The smallest absolute Gasteiger partial charge is 0.337 e. The molecule has 1 aromatic carbocycles. The summed E-state index contributed by atoms with van der Waals surface area (Å²) in [6, 6.07) is 5.30. The van der Waals surface area contributed by atoms with Gasteiger partial charge in [-0.15, -0.1) is 0 Å². The first kappa shape index (κ1) is 17.9. The Bertz CT molecular complexity index is 716. The van der Waals surface area contributed by atoms with E-state index >= 15 is 0 Å². The van der Waals surface area contributed by atoms with E-state index < -0.39 is 11.7 Å². The van der Waals surface area contributed by atoms with Gasteiger partial charge in [0.2, 0.25) is 11.7 Å². The fourth-order valence-electron chi connectivity index (χ4n) is 3.11. The van der Waals surface area contributed by atoms with Gasteiger partial charge >= 0.3 is 6.18 Å². The van der Waals surface area contributed by atoms with Crippen molar-refractivity contribution in [3.8, 4) is 11.4 Å². The molecule has 8 heteroatoms. The Balaban J connectivity index is 1.78. The number of piperidine rings is 1. The molecule has 2 unspecified atom stereocenters. The molecule has 0 spiro atoms. The molecule has 1 aromatic heterocycles. The summed E-state index contributed by atoms with van der Waals surface area (Å²) in [4.78, 5) is 6.57. The number of nitrogens with zero attached hydrogens (tertiary/aromatic N) is 3. The Morgan fingerprint density at radius 3 is 2.88 bits per heavy atom. The average molecular weight is 354 g/mol. The molecule has 2 aromatic rings. The van der Waals surface area contributed by atoms with Crippen LogP contribution in [-0.2, 0) is 6.18 Å². The summed E-state index contributed by atoms with van der Waals surface area (Å²) in [7, 11) is 1.94. The number of hydrogen-bond donors (Lipinski definition) is 1. The van der Waals surface area contributed by atoms with E-state index in [4.69, 9.17) is 4.52 Å². The Morgan fingerprint density at radius 2 is 2.16 bits per heavy atom. The maximum Gasteiger partial charge on any atom is 0.416 e. The van der Waals surface area contributed by atoms with Crippen LogP contribution in [0.3, 0.4) is 0 Å². The second-order valence-electron chi connectivity index (χ2n) is 6.33. The van der Waals surface area contributed by atoms with Gasteiger partial charge in [-0.25, -0.2) is 0 Å². The van der Waals surface area contributed by atoms with Crippen LogP contribution in [0, 0.1) is 0 Å². The molecular formula is C17H21F3N4O. The average Bonchev–Trinajstić information content (AvgIpc) is 3.10. The topological polar surface area (TPSA) is 54.2 Å². The van der Waals surface area contributed by atoms with Crippen molar-refractivity contribution in [1.29, 1.82) is 0 Å². The number of halogens is 3. The second kappa shape index (κ2) is 7.13. The van der Waals surface area contributed by atoms with Gasteiger partial charge in [0.15, 0.2) is 0 Å². The highest BCUT2D eigenvalue weighted by Gasteiger charge is 2.31. The summed E-state index contributed by atoms with van der Waals surface area (Å²) in [5.41, 5.74) is -0.430. The maximum atomic E-state index is 12.9. The van der Waals surface area contributed by atoms with Gasteiger partial charge in [-0.2, -0.15) is 18.2 Å². The van der Waals surface area contributed by atoms with E-state index in [0.717, 1.165) is 38.1 Å². The first-order valence-electron chi connectivity index (χ1n) is 8.31. The molecule has 1 aliphatic rings. The van der Waals surface area contributed by atoms with Crippen molar-refractivity contribution in [1.82, 2.24) is 20.4 Å². The first-order chi connectivity index (χ1) is 11.9. The lowest BCUT2D eigenvalue weighted by molar-refractivity contribution is -0.137. The summed E-state index contributed by atoms with van der Waals surface area (Å²) < 4.78 is 43.9. The zero-order valence-corrected chi connectivity index (χ0v) is 14.2. The van der Waals surface area contributed by atoms with Crippen molar-refractivity contribution < 1.29 is 17.7 Å². The molecule has 1 saturated heterocycles. The van der Waals surface area contributed by atoms with Gasteiger partial charge in [-0.1, -0.05) is 17.3 Å². The molecule has 1 aliphatic heterocycles.